The Morgan fingerprint density at radius 2 is 2.24 bits per heavy atom. The minimum absolute atomic E-state index is 0.138. The third-order valence-corrected chi connectivity index (χ3v) is 3.60. The molecule has 2 heterocycles. The Morgan fingerprint density at radius 3 is 2.90 bits per heavy atom. The summed E-state index contributed by atoms with van der Waals surface area (Å²) < 4.78 is 0. The highest BCUT2D eigenvalue weighted by Crippen LogP contribution is 2.18. The number of thiophene rings is 1. The van der Waals surface area contributed by atoms with Crippen molar-refractivity contribution in [3.8, 4) is 0 Å². The Hall–Kier alpha value is -2.54. The van der Waals surface area contributed by atoms with E-state index in [0.29, 0.717) is 12.1 Å². The fourth-order valence-electron chi connectivity index (χ4n) is 1.68. The molecule has 1 N–H and O–H groups in total. The number of rotatable bonds is 5. The molecule has 21 heavy (non-hydrogen) atoms. The van der Waals surface area contributed by atoms with Crippen molar-refractivity contribution in [2.24, 2.45) is 0 Å². The van der Waals surface area contributed by atoms with Gasteiger partial charge in [0.15, 0.2) is 0 Å². The molecule has 0 aliphatic heterocycles. The van der Waals surface area contributed by atoms with E-state index in [-0.39, 0.29) is 5.91 Å². The van der Waals surface area contributed by atoms with Crippen molar-refractivity contribution in [3.63, 3.8) is 0 Å². The largest absolute Gasteiger partial charge is 0.478 e. The Labute approximate surface area is 125 Å². The number of hydrogen-bond acceptors (Lipinski definition) is 5. The van der Waals surface area contributed by atoms with Crippen LogP contribution in [0.4, 0.5) is 0 Å². The smallest absolute Gasteiger partial charge is 0.328 e. The van der Waals surface area contributed by atoms with Gasteiger partial charge in [0.25, 0.3) is 5.91 Å². The maximum Gasteiger partial charge on any atom is 0.328 e. The second-order valence-electron chi connectivity index (χ2n) is 4.31. The van der Waals surface area contributed by atoms with Crippen LogP contribution in [0.1, 0.15) is 20.8 Å². The van der Waals surface area contributed by atoms with E-state index in [1.54, 1.807) is 18.0 Å². The van der Waals surface area contributed by atoms with Gasteiger partial charge in [-0.25, -0.2) is 4.79 Å². The summed E-state index contributed by atoms with van der Waals surface area (Å²) in [7, 11) is 1.70. The summed E-state index contributed by atoms with van der Waals surface area (Å²) in [5.74, 6) is -1.12. The fraction of sp³-hybridized carbons (Fsp3) is 0.143. The van der Waals surface area contributed by atoms with E-state index in [1.807, 2.05) is 11.4 Å². The molecule has 6 nitrogen and oxygen atoms in total. The van der Waals surface area contributed by atoms with Gasteiger partial charge in [0.2, 0.25) is 0 Å². The summed E-state index contributed by atoms with van der Waals surface area (Å²) in [6.07, 6.45) is 5.51. The normalized spacial score (nSPS) is 10.7. The van der Waals surface area contributed by atoms with Crippen LogP contribution in [-0.2, 0) is 11.3 Å². The molecule has 0 aliphatic carbocycles. The quantitative estimate of drug-likeness (QED) is 0.853. The van der Waals surface area contributed by atoms with E-state index in [1.165, 1.54) is 29.8 Å². The maximum atomic E-state index is 12.1. The zero-order valence-corrected chi connectivity index (χ0v) is 12.1. The van der Waals surface area contributed by atoms with Crippen molar-refractivity contribution in [3.05, 3.63) is 52.0 Å². The molecule has 108 valence electrons. The molecule has 0 bridgehead atoms. The molecule has 0 aromatic carbocycles. The number of carboxylic acid groups (broad SMARTS) is 1. The highest BCUT2D eigenvalue weighted by atomic mass is 32.1. The van der Waals surface area contributed by atoms with Crippen molar-refractivity contribution in [2.75, 3.05) is 7.05 Å². The zero-order valence-electron chi connectivity index (χ0n) is 11.3. The van der Waals surface area contributed by atoms with Gasteiger partial charge in [-0.1, -0.05) is 0 Å². The molecule has 0 aliphatic rings. The lowest BCUT2D eigenvalue weighted by molar-refractivity contribution is -0.131. The van der Waals surface area contributed by atoms with E-state index in [4.69, 9.17) is 5.11 Å². The number of hydrogen-bond donors (Lipinski definition) is 1. The topological polar surface area (TPSA) is 83.4 Å². The summed E-state index contributed by atoms with van der Waals surface area (Å²) in [5.41, 5.74) is 1.29. The van der Waals surface area contributed by atoms with Gasteiger partial charge in [0, 0.05) is 18.0 Å². The van der Waals surface area contributed by atoms with Crippen molar-refractivity contribution in [1.82, 2.24) is 15.1 Å². The van der Waals surface area contributed by atoms with Gasteiger partial charge in [-0.15, -0.1) is 11.3 Å². The van der Waals surface area contributed by atoms with Crippen LogP contribution in [0.3, 0.4) is 0 Å². The average molecular weight is 303 g/mol. The van der Waals surface area contributed by atoms with Gasteiger partial charge in [-0.3, -0.25) is 4.79 Å². The molecule has 0 atom stereocenters. The first kappa shape index (κ1) is 14.9. The molecule has 2 aromatic heterocycles. The predicted octanol–water partition coefficient (Wildman–Crippen LogP) is 1.91. The van der Waals surface area contributed by atoms with Gasteiger partial charge >= 0.3 is 5.97 Å². The van der Waals surface area contributed by atoms with Crippen LogP contribution < -0.4 is 0 Å². The Kier molecular flexibility index (Phi) is 4.78. The van der Waals surface area contributed by atoms with Crippen molar-refractivity contribution < 1.29 is 14.7 Å². The molecule has 2 aromatic rings. The molecule has 0 fully saturated rings. The van der Waals surface area contributed by atoms with Gasteiger partial charge in [-0.2, -0.15) is 10.2 Å². The van der Waals surface area contributed by atoms with E-state index < -0.39 is 5.97 Å². The first-order valence-corrected chi connectivity index (χ1v) is 6.95. The summed E-state index contributed by atoms with van der Waals surface area (Å²) in [5, 5.41) is 17.7. The molecule has 0 saturated heterocycles. The SMILES string of the molecule is CN(Cc1cc(/C=C/C(=O)O)cs1)C(=O)c1ccnnc1. The molecule has 2 rings (SSSR count). The average Bonchev–Trinajstić information content (AvgIpc) is 2.92. The van der Waals surface area contributed by atoms with E-state index in [0.717, 1.165) is 16.5 Å². The van der Waals surface area contributed by atoms with Crippen LogP contribution >= 0.6 is 11.3 Å². The lowest BCUT2D eigenvalue weighted by Crippen LogP contribution is -2.25. The van der Waals surface area contributed by atoms with Crippen LogP contribution in [0.15, 0.2) is 36.0 Å². The maximum absolute atomic E-state index is 12.1. The first-order chi connectivity index (χ1) is 10.1. The van der Waals surface area contributed by atoms with Gasteiger partial charge < -0.3 is 10.0 Å². The van der Waals surface area contributed by atoms with Crippen LogP contribution in [0, 0.1) is 0 Å². The van der Waals surface area contributed by atoms with E-state index in [2.05, 4.69) is 10.2 Å². The Bertz CT molecular complexity index is 667. The van der Waals surface area contributed by atoms with Crippen molar-refractivity contribution >= 4 is 29.3 Å². The lowest BCUT2D eigenvalue weighted by Gasteiger charge is -2.15. The third-order valence-electron chi connectivity index (χ3n) is 2.66. The monoisotopic (exact) mass is 303 g/mol. The standard InChI is InChI=1S/C14H13N3O3S/c1-17(14(20)11-4-5-15-16-7-11)8-12-6-10(9-21-12)2-3-13(18)19/h2-7,9H,8H2,1H3,(H,18,19)/b3-2+. The number of nitrogens with zero attached hydrogens (tertiary/aromatic N) is 3. The minimum atomic E-state index is -0.986. The molecule has 0 radical (unpaired) electrons. The number of aromatic nitrogens is 2. The Balaban J connectivity index is 2.01. The van der Waals surface area contributed by atoms with Crippen LogP contribution in [-0.4, -0.2) is 39.1 Å². The number of carbonyl (C=O) groups excluding carboxylic acids is 1. The molecular formula is C14H13N3O3S. The molecular weight excluding hydrogens is 290 g/mol. The second-order valence-corrected chi connectivity index (χ2v) is 5.31. The molecule has 0 unspecified atom stereocenters. The number of aliphatic carboxylic acids is 1. The van der Waals surface area contributed by atoms with Gasteiger partial charge in [0.1, 0.15) is 0 Å². The summed E-state index contributed by atoms with van der Waals surface area (Å²) >= 11 is 1.48. The molecule has 1 amide bonds. The minimum Gasteiger partial charge on any atom is -0.478 e. The van der Waals surface area contributed by atoms with E-state index >= 15 is 0 Å². The summed E-state index contributed by atoms with van der Waals surface area (Å²) in [4.78, 5) is 25.1. The van der Waals surface area contributed by atoms with Crippen molar-refractivity contribution in [1.29, 1.82) is 0 Å². The lowest BCUT2D eigenvalue weighted by atomic mass is 10.2. The predicted molar refractivity (Wildman–Crippen MR) is 78.8 cm³/mol. The second kappa shape index (κ2) is 6.76. The highest BCUT2D eigenvalue weighted by molar-refractivity contribution is 7.10. The van der Waals surface area contributed by atoms with Crippen LogP contribution in [0.2, 0.25) is 0 Å². The summed E-state index contributed by atoms with van der Waals surface area (Å²) in [6, 6.07) is 3.47. The van der Waals surface area contributed by atoms with Crippen molar-refractivity contribution in [2.45, 2.75) is 6.54 Å². The van der Waals surface area contributed by atoms with Crippen LogP contribution in [0.5, 0.6) is 0 Å². The van der Waals surface area contributed by atoms with Gasteiger partial charge in [0.05, 0.1) is 24.5 Å². The van der Waals surface area contributed by atoms with Crippen LogP contribution in [0.25, 0.3) is 6.08 Å². The van der Waals surface area contributed by atoms with E-state index in [9.17, 15) is 9.59 Å². The molecule has 7 heteroatoms. The summed E-state index contributed by atoms with van der Waals surface area (Å²) in [6.45, 7) is 0.451. The highest BCUT2D eigenvalue weighted by Gasteiger charge is 2.13. The first-order valence-electron chi connectivity index (χ1n) is 6.07. The van der Waals surface area contributed by atoms with Gasteiger partial charge in [-0.05, 0) is 29.2 Å². The molecule has 0 saturated carbocycles. The number of carbonyl (C=O) groups is 2. The molecule has 0 spiro atoms. The zero-order chi connectivity index (χ0) is 15.2. The number of amides is 1. The Morgan fingerprint density at radius 1 is 1.43 bits per heavy atom. The third kappa shape index (κ3) is 4.22. The fourth-order valence-corrected chi connectivity index (χ4v) is 2.59. The number of carboxylic acids is 1.